The molecule has 0 atom stereocenters. The van der Waals surface area contributed by atoms with Gasteiger partial charge < -0.3 is 4.74 Å². The number of carbonyl (C=O) groups is 1. The van der Waals surface area contributed by atoms with Crippen LogP contribution in [0.1, 0.15) is 6.92 Å². The van der Waals surface area contributed by atoms with Crippen LogP contribution in [0.4, 0.5) is 0 Å². The van der Waals surface area contributed by atoms with Gasteiger partial charge in [-0.15, -0.1) is 0 Å². The Hall–Kier alpha value is -1.02. The molecule has 0 unspecified atom stereocenters. The SMILES string of the molecule is C=C/C=C(COC=O)\C(Cl)=C/C. The van der Waals surface area contributed by atoms with E-state index >= 15 is 0 Å². The molecule has 0 aliphatic carbocycles. The molecular formula is C9H11ClO2. The lowest BCUT2D eigenvalue weighted by Gasteiger charge is -2.02. The first kappa shape index (κ1) is 11.0. The van der Waals surface area contributed by atoms with Gasteiger partial charge in [-0.3, -0.25) is 4.79 Å². The third-order valence-electron chi connectivity index (χ3n) is 1.19. The summed E-state index contributed by atoms with van der Waals surface area (Å²) in [5.74, 6) is 0. The Bertz CT molecular complexity index is 217. The van der Waals surface area contributed by atoms with Crippen molar-refractivity contribution in [3.05, 3.63) is 35.4 Å². The molecule has 2 nitrogen and oxygen atoms in total. The zero-order valence-electron chi connectivity index (χ0n) is 6.92. The van der Waals surface area contributed by atoms with Gasteiger partial charge in [0.25, 0.3) is 6.47 Å². The Morgan fingerprint density at radius 3 is 2.75 bits per heavy atom. The van der Waals surface area contributed by atoms with E-state index in [0.29, 0.717) is 11.5 Å². The molecule has 66 valence electrons. The number of rotatable bonds is 5. The van der Waals surface area contributed by atoms with Gasteiger partial charge in [-0.05, 0) is 6.92 Å². The molecule has 0 aromatic rings. The number of ether oxygens (including phenoxy) is 1. The molecule has 0 fully saturated rings. The fraction of sp³-hybridized carbons (Fsp3) is 0.222. The third-order valence-corrected chi connectivity index (χ3v) is 1.65. The first-order valence-electron chi connectivity index (χ1n) is 3.45. The highest BCUT2D eigenvalue weighted by molar-refractivity contribution is 6.32. The van der Waals surface area contributed by atoms with Crippen LogP contribution in [0.15, 0.2) is 35.4 Å². The first-order chi connectivity index (χ1) is 5.76. The molecule has 3 heteroatoms. The van der Waals surface area contributed by atoms with Crippen molar-refractivity contribution in [2.45, 2.75) is 6.92 Å². The van der Waals surface area contributed by atoms with E-state index in [-0.39, 0.29) is 6.61 Å². The van der Waals surface area contributed by atoms with E-state index < -0.39 is 0 Å². The Morgan fingerprint density at radius 2 is 2.33 bits per heavy atom. The van der Waals surface area contributed by atoms with Crippen LogP contribution in [0.3, 0.4) is 0 Å². The topological polar surface area (TPSA) is 26.3 Å². The Kier molecular flexibility index (Phi) is 6.11. The second kappa shape index (κ2) is 6.68. The molecule has 0 heterocycles. The summed E-state index contributed by atoms with van der Waals surface area (Å²) in [5, 5.41) is 0.566. The van der Waals surface area contributed by atoms with Crippen molar-refractivity contribution in [1.29, 1.82) is 0 Å². The molecule has 0 radical (unpaired) electrons. The molecule has 12 heavy (non-hydrogen) atoms. The lowest BCUT2D eigenvalue weighted by atomic mass is 10.2. The van der Waals surface area contributed by atoms with Crippen molar-refractivity contribution in [2.75, 3.05) is 6.61 Å². The average molecular weight is 187 g/mol. The molecule has 0 spiro atoms. The molecule has 0 N–H and O–H groups in total. The summed E-state index contributed by atoms with van der Waals surface area (Å²) in [6, 6.07) is 0. The average Bonchev–Trinajstić information content (AvgIpc) is 2.11. The van der Waals surface area contributed by atoms with E-state index in [1.165, 1.54) is 0 Å². The van der Waals surface area contributed by atoms with Gasteiger partial charge >= 0.3 is 0 Å². The summed E-state index contributed by atoms with van der Waals surface area (Å²) in [4.78, 5) is 9.89. The molecule has 0 aromatic carbocycles. The summed E-state index contributed by atoms with van der Waals surface area (Å²) in [7, 11) is 0. The van der Waals surface area contributed by atoms with Gasteiger partial charge in [-0.1, -0.05) is 36.4 Å². The number of carbonyl (C=O) groups excluding carboxylic acids is 1. The molecule has 0 aliphatic rings. The van der Waals surface area contributed by atoms with Crippen LogP contribution < -0.4 is 0 Å². The fourth-order valence-corrected chi connectivity index (χ4v) is 0.766. The molecule has 0 rings (SSSR count). The van der Waals surface area contributed by atoms with E-state index in [1.54, 1.807) is 25.2 Å². The van der Waals surface area contributed by atoms with Crippen molar-refractivity contribution < 1.29 is 9.53 Å². The maximum Gasteiger partial charge on any atom is 0.293 e. The molecule has 0 bridgehead atoms. The summed E-state index contributed by atoms with van der Waals surface area (Å²) in [6.45, 7) is 5.89. The van der Waals surface area contributed by atoms with Crippen LogP contribution in [0.2, 0.25) is 0 Å². The van der Waals surface area contributed by atoms with Crippen molar-refractivity contribution in [2.24, 2.45) is 0 Å². The van der Waals surface area contributed by atoms with Gasteiger partial charge in [-0.25, -0.2) is 0 Å². The van der Waals surface area contributed by atoms with E-state index in [9.17, 15) is 4.79 Å². The smallest absolute Gasteiger partial charge is 0.293 e. The van der Waals surface area contributed by atoms with E-state index in [1.807, 2.05) is 0 Å². The minimum Gasteiger partial charge on any atom is -0.463 e. The van der Waals surface area contributed by atoms with Crippen LogP contribution in [-0.2, 0) is 9.53 Å². The summed E-state index contributed by atoms with van der Waals surface area (Å²) < 4.78 is 4.55. The maximum absolute atomic E-state index is 9.89. The Morgan fingerprint density at radius 1 is 1.67 bits per heavy atom. The molecule has 0 amide bonds. The minimum atomic E-state index is 0.179. The van der Waals surface area contributed by atoms with Crippen molar-refractivity contribution in [3.63, 3.8) is 0 Å². The highest BCUT2D eigenvalue weighted by Crippen LogP contribution is 2.14. The van der Waals surface area contributed by atoms with Crippen molar-refractivity contribution in [1.82, 2.24) is 0 Å². The fourth-order valence-electron chi connectivity index (χ4n) is 0.648. The zero-order chi connectivity index (χ0) is 9.40. The lowest BCUT2D eigenvalue weighted by molar-refractivity contribution is -0.127. The van der Waals surface area contributed by atoms with Gasteiger partial charge in [-0.2, -0.15) is 0 Å². The molecule has 0 saturated heterocycles. The van der Waals surface area contributed by atoms with Crippen LogP contribution in [0, 0.1) is 0 Å². The monoisotopic (exact) mass is 186 g/mol. The second-order valence-corrected chi connectivity index (χ2v) is 2.38. The highest BCUT2D eigenvalue weighted by Gasteiger charge is 1.99. The van der Waals surface area contributed by atoms with Crippen LogP contribution in [0.25, 0.3) is 0 Å². The number of hydrogen-bond acceptors (Lipinski definition) is 2. The number of halogens is 1. The number of hydrogen-bond donors (Lipinski definition) is 0. The number of allylic oxidation sites excluding steroid dienone is 3. The lowest BCUT2D eigenvalue weighted by Crippen LogP contribution is -1.96. The standard InChI is InChI=1S/C9H11ClO2/c1-3-5-8(6-12-7-11)9(10)4-2/h3-5,7H,1,6H2,2H3/b8-5-,9-4+. The Balaban J connectivity index is 4.33. The Labute approximate surface area is 77.2 Å². The first-order valence-corrected chi connectivity index (χ1v) is 3.83. The zero-order valence-corrected chi connectivity index (χ0v) is 7.67. The van der Waals surface area contributed by atoms with Crippen LogP contribution >= 0.6 is 11.6 Å². The molecular weight excluding hydrogens is 176 g/mol. The summed E-state index contributed by atoms with van der Waals surface area (Å²) >= 11 is 5.79. The van der Waals surface area contributed by atoms with E-state index in [2.05, 4.69) is 11.3 Å². The van der Waals surface area contributed by atoms with Gasteiger partial charge in [0.15, 0.2) is 0 Å². The normalized spacial score (nSPS) is 12.5. The third kappa shape index (κ3) is 3.98. The van der Waals surface area contributed by atoms with Crippen LogP contribution in [-0.4, -0.2) is 13.1 Å². The van der Waals surface area contributed by atoms with Gasteiger partial charge in [0.05, 0.1) is 0 Å². The van der Waals surface area contributed by atoms with Gasteiger partial charge in [0, 0.05) is 10.6 Å². The van der Waals surface area contributed by atoms with Gasteiger partial charge in [0.1, 0.15) is 6.61 Å². The predicted octanol–water partition coefficient (Wildman–Crippen LogP) is 2.41. The second-order valence-electron chi connectivity index (χ2n) is 1.97. The molecule has 0 aromatic heterocycles. The minimum absolute atomic E-state index is 0.179. The van der Waals surface area contributed by atoms with Crippen molar-refractivity contribution in [3.8, 4) is 0 Å². The maximum atomic E-state index is 9.89. The summed E-state index contributed by atoms with van der Waals surface area (Å²) in [5.41, 5.74) is 0.737. The highest BCUT2D eigenvalue weighted by atomic mass is 35.5. The quantitative estimate of drug-likeness (QED) is 0.487. The predicted molar refractivity (Wildman–Crippen MR) is 49.9 cm³/mol. The van der Waals surface area contributed by atoms with E-state index in [4.69, 9.17) is 11.6 Å². The van der Waals surface area contributed by atoms with Gasteiger partial charge in [0.2, 0.25) is 0 Å². The van der Waals surface area contributed by atoms with Crippen LogP contribution in [0.5, 0.6) is 0 Å². The molecule has 0 saturated carbocycles. The largest absolute Gasteiger partial charge is 0.463 e. The summed E-state index contributed by atoms with van der Waals surface area (Å²) in [6.07, 6.45) is 5.02. The molecule has 0 aliphatic heterocycles. The van der Waals surface area contributed by atoms with E-state index in [0.717, 1.165) is 5.57 Å². The van der Waals surface area contributed by atoms with Crippen molar-refractivity contribution >= 4 is 18.1 Å².